The van der Waals surface area contributed by atoms with Crippen LogP contribution in [0.15, 0.2) is 48.2 Å². The summed E-state index contributed by atoms with van der Waals surface area (Å²) in [7, 11) is 0. The first kappa shape index (κ1) is 15.3. The Morgan fingerprint density at radius 3 is 3.00 bits per heavy atom. The molecule has 5 nitrogen and oxygen atoms in total. The van der Waals surface area contributed by atoms with Gasteiger partial charge in [-0.1, -0.05) is 0 Å². The van der Waals surface area contributed by atoms with Gasteiger partial charge >= 0.3 is 0 Å². The van der Waals surface area contributed by atoms with Crippen LogP contribution in [0, 0.1) is 6.92 Å². The lowest BCUT2D eigenvalue weighted by Gasteiger charge is -2.04. The third-order valence-corrected chi connectivity index (χ3v) is 4.19. The number of pyridine rings is 2. The van der Waals surface area contributed by atoms with E-state index in [2.05, 4.69) is 20.3 Å². The van der Waals surface area contributed by atoms with Crippen molar-refractivity contribution >= 4 is 22.9 Å². The number of thiazole rings is 1. The molecule has 0 spiro atoms. The first-order valence-electron chi connectivity index (χ1n) is 7.28. The Morgan fingerprint density at radius 1 is 1.30 bits per heavy atom. The number of carbonyl (C=O) groups is 1. The molecule has 3 aromatic heterocycles. The molecule has 0 aliphatic carbocycles. The SMILES string of the molecule is Cc1cc(NC(=O)CCc2csc(-c3cccnc3)n2)ccn1. The van der Waals surface area contributed by atoms with E-state index in [9.17, 15) is 4.79 Å². The zero-order valence-electron chi connectivity index (χ0n) is 12.7. The molecule has 0 aromatic carbocycles. The summed E-state index contributed by atoms with van der Waals surface area (Å²) in [4.78, 5) is 24.8. The van der Waals surface area contributed by atoms with Crippen molar-refractivity contribution in [2.45, 2.75) is 19.8 Å². The fourth-order valence-electron chi connectivity index (χ4n) is 2.13. The number of aryl methyl sites for hydroxylation is 2. The molecule has 0 bridgehead atoms. The van der Waals surface area contributed by atoms with Crippen LogP contribution in [0.1, 0.15) is 17.8 Å². The Bertz CT molecular complexity index is 801. The van der Waals surface area contributed by atoms with Crippen molar-refractivity contribution in [2.24, 2.45) is 0 Å². The molecule has 0 saturated heterocycles. The van der Waals surface area contributed by atoms with Gasteiger partial charge in [-0.05, 0) is 37.6 Å². The highest BCUT2D eigenvalue weighted by molar-refractivity contribution is 7.13. The number of carbonyl (C=O) groups excluding carboxylic acids is 1. The quantitative estimate of drug-likeness (QED) is 0.780. The van der Waals surface area contributed by atoms with E-state index in [4.69, 9.17) is 0 Å². The molecular formula is C17H16N4OS. The normalized spacial score (nSPS) is 10.5. The van der Waals surface area contributed by atoms with Crippen molar-refractivity contribution < 1.29 is 4.79 Å². The van der Waals surface area contributed by atoms with Gasteiger partial charge in [0.1, 0.15) is 5.01 Å². The monoisotopic (exact) mass is 324 g/mol. The van der Waals surface area contributed by atoms with Gasteiger partial charge in [-0.2, -0.15) is 0 Å². The number of anilines is 1. The summed E-state index contributed by atoms with van der Waals surface area (Å²) in [5.41, 5.74) is 3.58. The minimum absolute atomic E-state index is 0.0217. The smallest absolute Gasteiger partial charge is 0.224 e. The number of aromatic nitrogens is 3. The summed E-state index contributed by atoms with van der Waals surface area (Å²) in [6.45, 7) is 1.89. The van der Waals surface area contributed by atoms with Gasteiger partial charge in [0.15, 0.2) is 0 Å². The molecule has 0 fully saturated rings. The fraction of sp³-hybridized carbons (Fsp3) is 0.176. The molecule has 0 atom stereocenters. The van der Waals surface area contributed by atoms with Gasteiger partial charge in [0, 0.05) is 47.3 Å². The minimum atomic E-state index is -0.0217. The van der Waals surface area contributed by atoms with Crippen molar-refractivity contribution in [2.75, 3.05) is 5.32 Å². The highest BCUT2D eigenvalue weighted by atomic mass is 32.1. The molecule has 3 rings (SSSR count). The van der Waals surface area contributed by atoms with Crippen molar-refractivity contribution in [1.82, 2.24) is 15.0 Å². The topological polar surface area (TPSA) is 67.8 Å². The molecule has 3 aromatic rings. The molecule has 1 N–H and O–H groups in total. The summed E-state index contributed by atoms with van der Waals surface area (Å²) in [6, 6.07) is 7.50. The molecule has 3 heterocycles. The third kappa shape index (κ3) is 4.20. The molecule has 0 aliphatic rings. The Balaban J connectivity index is 1.56. The van der Waals surface area contributed by atoms with Crippen molar-refractivity contribution in [3.05, 3.63) is 59.6 Å². The average molecular weight is 324 g/mol. The van der Waals surface area contributed by atoms with Crippen LogP contribution in [0.2, 0.25) is 0 Å². The van der Waals surface area contributed by atoms with Crippen LogP contribution in [0.5, 0.6) is 0 Å². The predicted octanol–water partition coefficient (Wildman–Crippen LogP) is 3.48. The van der Waals surface area contributed by atoms with E-state index in [0.29, 0.717) is 12.8 Å². The molecule has 6 heteroatoms. The summed E-state index contributed by atoms with van der Waals surface area (Å²) in [6.07, 6.45) is 6.24. The highest BCUT2D eigenvalue weighted by Crippen LogP contribution is 2.23. The zero-order chi connectivity index (χ0) is 16.1. The van der Waals surface area contributed by atoms with E-state index < -0.39 is 0 Å². The van der Waals surface area contributed by atoms with E-state index in [1.54, 1.807) is 36.0 Å². The second-order valence-electron chi connectivity index (χ2n) is 5.12. The molecule has 23 heavy (non-hydrogen) atoms. The number of rotatable bonds is 5. The Kier molecular flexibility index (Phi) is 4.73. The van der Waals surface area contributed by atoms with Gasteiger partial charge in [-0.15, -0.1) is 11.3 Å². The van der Waals surface area contributed by atoms with Gasteiger partial charge < -0.3 is 5.32 Å². The second kappa shape index (κ2) is 7.11. The van der Waals surface area contributed by atoms with Gasteiger partial charge in [-0.25, -0.2) is 4.98 Å². The number of hydrogen-bond donors (Lipinski definition) is 1. The van der Waals surface area contributed by atoms with Crippen molar-refractivity contribution in [3.8, 4) is 10.6 Å². The maximum absolute atomic E-state index is 12.0. The van der Waals surface area contributed by atoms with Crippen molar-refractivity contribution in [1.29, 1.82) is 0 Å². The molecule has 0 aliphatic heterocycles. The number of amides is 1. The largest absolute Gasteiger partial charge is 0.326 e. The predicted molar refractivity (Wildman–Crippen MR) is 91.3 cm³/mol. The molecule has 0 saturated carbocycles. The summed E-state index contributed by atoms with van der Waals surface area (Å²) in [5, 5.41) is 5.80. The number of nitrogens with one attached hydrogen (secondary N) is 1. The highest BCUT2D eigenvalue weighted by Gasteiger charge is 2.08. The van der Waals surface area contributed by atoms with E-state index in [1.165, 1.54) is 0 Å². The molecule has 1 amide bonds. The fourth-order valence-corrected chi connectivity index (χ4v) is 2.98. The molecule has 0 radical (unpaired) electrons. The standard InChI is InChI=1S/C17H16N4OS/c1-12-9-14(6-8-19-12)20-16(22)5-4-15-11-23-17(21-15)13-3-2-7-18-10-13/h2-3,6-11H,4-5H2,1H3,(H,19,20,22). The van der Waals surface area contributed by atoms with Crippen LogP contribution in [0.3, 0.4) is 0 Å². The second-order valence-corrected chi connectivity index (χ2v) is 5.98. The zero-order valence-corrected chi connectivity index (χ0v) is 13.5. The molecule has 0 unspecified atom stereocenters. The molecule has 116 valence electrons. The van der Waals surface area contributed by atoms with Gasteiger partial charge in [0.2, 0.25) is 5.91 Å². The van der Waals surface area contributed by atoms with Crippen LogP contribution in [-0.2, 0) is 11.2 Å². The van der Waals surface area contributed by atoms with E-state index in [-0.39, 0.29) is 5.91 Å². The van der Waals surface area contributed by atoms with E-state index >= 15 is 0 Å². The van der Waals surface area contributed by atoms with Crippen molar-refractivity contribution in [3.63, 3.8) is 0 Å². The first-order chi connectivity index (χ1) is 11.2. The summed E-state index contributed by atoms with van der Waals surface area (Å²) >= 11 is 1.57. The van der Waals surface area contributed by atoms with E-state index in [0.717, 1.165) is 27.6 Å². The third-order valence-electron chi connectivity index (χ3n) is 3.25. The lowest BCUT2D eigenvalue weighted by atomic mass is 10.2. The Morgan fingerprint density at radius 2 is 2.22 bits per heavy atom. The summed E-state index contributed by atoms with van der Waals surface area (Å²) < 4.78 is 0. The Hall–Kier alpha value is -2.60. The Labute approximate surface area is 138 Å². The number of hydrogen-bond acceptors (Lipinski definition) is 5. The maximum Gasteiger partial charge on any atom is 0.224 e. The van der Waals surface area contributed by atoms with Crippen LogP contribution >= 0.6 is 11.3 Å². The van der Waals surface area contributed by atoms with Gasteiger partial charge in [-0.3, -0.25) is 14.8 Å². The number of nitrogens with zero attached hydrogens (tertiary/aromatic N) is 3. The minimum Gasteiger partial charge on any atom is -0.326 e. The van der Waals surface area contributed by atoms with Gasteiger partial charge in [0.25, 0.3) is 0 Å². The first-order valence-corrected chi connectivity index (χ1v) is 8.16. The van der Waals surface area contributed by atoms with Crippen LogP contribution in [0.4, 0.5) is 5.69 Å². The maximum atomic E-state index is 12.0. The van der Waals surface area contributed by atoms with Crippen LogP contribution < -0.4 is 5.32 Å². The molecular weight excluding hydrogens is 308 g/mol. The average Bonchev–Trinajstić information content (AvgIpc) is 3.03. The lowest BCUT2D eigenvalue weighted by molar-refractivity contribution is -0.116. The van der Waals surface area contributed by atoms with Gasteiger partial charge in [0.05, 0.1) is 5.69 Å². The van der Waals surface area contributed by atoms with Crippen LogP contribution in [-0.4, -0.2) is 20.9 Å². The van der Waals surface area contributed by atoms with E-state index in [1.807, 2.05) is 30.5 Å². The van der Waals surface area contributed by atoms with Crippen LogP contribution in [0.25, 0.3) is 10.6 Å². The lowest BCUT2D eigenvalue weighted by Crippen LogP contribution is -2.12. The summed E-state index contributed by atoms with van der Waals surface area (Å²) in [5.74, 6) is -0.0217.